The summed E-state index contributed by atoms with van der Waals surface area (Å²) in [6.07, 6.45) is 2.59. The van der Waals surface area contributed by atoms with Crippen LogP contribution in [0.2, 0.25) is 0 Å². The molecule has 0 aromatic heterocycles. The van der Waals surface area contributed by atoms with Crippen molar-refractivity contribution in [2.45, 2.75) is 25.8 Å². The first-order chi connectivity index (χ1) is 6.27. The van der Waals surface area contributed by atoms with Crippen molar-refractivity contribution >= 4 is 15.9 Å². The molecule has 70 valence electrons. The largest absolute Gasteiger partial charge is 0.310 e. The normalized spacial score (nSPS) is 22.2. The van der Waals surface area contributed by atoms with Crippen molar-refractivity contribution in [3.63, 3.8) is 0 Å². The van der Waals surface area contributed by atoms with E-state index >= 15 is 0 Å². The molecule has 1 aliphatic rings. The maximum absolute atomic E-state index is 3.52. The summed E-state index contributed by atoms with van der Waals surface area (Å²) in [5, 5.41) is 3.52. The summed E-state index contributed by atoms with van der Waals surface area (Å²) < 4.78 is 1.17. The smallest absolute Gasteiger partial charge is 0.0323 e. The lowest BCUT2D eigenvalue weighted by atomic mass is 10.0. The third kappa shape index (κ3) is 1.94. The van der Waals surface area contributed by atoms with Crippen LogP contribution >= 0.6 is 15.9 Å². The molecule has 1 N–H and O–H groups in total. The van der Waals surface area contributed by atoms with Gasteiger partial charge in [0.25, 0.3) is 0 Å². The molecule has 0 unspecified atom stereocenters. The molecule has 1 nitrogen and oxygen atoms in total. The minimum absolute atomic E-state index is 0.591. The van der Waals surface area contributed by atoms with E-state index in [4.69, 9.17) is 0 Å². The number of hydrogen-bond donors (Lipinski definition) is 1. The van der Waals surface area contributed by atoms with Gasteiger partial charge in [0.1, 0.15) is 0 Å². The number of aryl methyl sites for hydroxylation is 1. The fraction of sp³-hybridized carbons (Fsp3) is 0.455. The highest BCUT2D eigenvalue weighted by atomic mass is 79.9. The highest BCUT2D eigenvalue weighted by Crippen LogP contribution is 2.27. The summed E-state index contributed by atoms with van der Waals surface area (Å²) in [5.41, 5.74) is 2.84. The highest BCUT2D eigenvalue weighted by molar-refractivity contribution is 9.10. The number of nitrogens with one attached hydrogen (secondary N) is 1. The SMILES string of the molecule is Cc1cc(Br)ccc1[C@H]1CCCN1. The fourth-order valence-electron chi connectivity index (χ4n) is 1.98. The molecule has 13 heavy (non-hydrogen) atoms. The van der Waals surface area contributed by atoms with Crippen molar-refractivity contribution in [2.75, 3.05) is 6.54 Å². The number of halogens is 1. The van der Waals surface area contributed by atoms with E-state index in [0.717, 1.165) is 0 Å². The second-order valence-electron chi connectivity index (χ2n) is 3.65. The van der Waals surface area contributed by atoms with Crippen LogP contribution in [-0.2, 0) is 0 Å². The molecule has 1 heterocycles. The predicted molar refractivity (Wildman–Crippen MR) is 58.9 cm³/mol. The van der Waals surface area contributed by atoms with Crippen LogP contribution in [0.1, 0.15) is 30.0 Å². The molecule has 0 amide bonds. The second kappa shape index (κ2) is 3.81. The summed E-state index contributed by atoms with van der Waals surface area (Å²) in [6.45, 7) is 3.35. The van der Waals surface area contributed by atoms with Gasteiger partial charge in [0.15, 0.2) is 0 Å². The van der Waals surface area contributed by atoms with Crippen LogP contribution in [0.15, 0.2) is 22.7 Å². The zero-order valence-electron chi connectivity index (χ0n) is 7.81. The van der Waals surface area contributed by atoms with Crippen LogP contribution in [0.5, 0.6) is 0 Å². The standard InChI is InChI=1S/C11H14BrN/c1-8-7-9(12)4-5-10(8)11-3-2-6-13-11/h4-5,7,11,13H,2-3,6H2,1H3/t11-/m1/s1. The van der Waals surface area contributed by atoms with E-state index in [1.807, 2.05) is 0 Å². The summed E-state index contributed by atoms with van der Waals surface area (Å²) in [7, 11) is 0. The van der Waals surface area contributed by atoms with Crippen LogP contribution in [0.3, 0.4) is 0 Å². The Morgan fingerprint density at radius 2 is 2.31 bits per heavy atom. The van der Waals surface area contributed by atoms with E-state index in [-0.39, 0.29) is 0 Å². The molecular formula is C11H14BrN. The Morgan fingerprint density at radius 1 is 1.46 bits per heavy atom. The molecule has 1 atom stereocenters. The zero-order chi connectivity index (χ0) is 9.26. The van der Waals surface area contributed by atoms with Crippen molar-refractivity contribution in [1.29, 1.82) is 0 Å². The predicted octanol–water partition coefficient (Wildman–Crippen LogP) is 3.18. The minimum Gasteiger partial charge on any atom is -0.310 e. The van der Waals surface area contributed by atoms with Gasteiger partial charge in [-0.05, 0) is 49.6 Å². The minimum atomic E-state index is 0.591. The van der Waals surface area contributed by atoms with Gasteiger partial charge >= 0.3 is 0 Å². The molecule has 1 fully saturated rings. The van der Waals surface area contributed by atoms with Crippen LogP contribution in [-0.4, -0.2) is 6.54 Å². The first-order valence-corrected chi connectivity index (χ1v) is 5.56. The van der Waals surface area contributed by atoms with E-state index in [2.05, 4.69) is 46.4 Å². The first kappa shape index (κ1) is 9.22. The van der Waals surface area contributed by atoms with Gasteiger partial charge in [-0.3, -0.25) is 0 Å². The molecule has 0 aliphatic carbocycles. The molecule has 1 aromatic carbocycles. The number of rotatable bonds is 1. The first-order valence-electron chi connectivity index (χ1n) is 4.77. The van der Waals surface area contributed by atoms with Crippen molar-refractivity contribution < 1.29 is 0 Å². The Kier molecular flexibility index (Phi) is 2.70. The Hall–Kier alpha value is -0.340. The Morgan fingerprint density at radius 3 is 2.92 bits per heavy atom. The molecule has 0 radical (unpaired) electrons. The molecule has 2 rings (SSSR count). The monoisotopic (exact) mass is 239 g/mol. The molecule has 1 aromatic rings. The van der Waals surface area contributed by atoms with Crippen molar-refractivity contribution in [2.24, 2.45) is 0 Å². The van der Waals surface area contributed by atoms with Gasteiger partial charge in [-0.2, -0.15) is 0 Å². The van der Waals surface area contributed by atoms with Crippen molar-refractivity contribution in [3.8, 4) is 0 Å². The lowest BCUT2D eigenvalue weighted by Gasteiger charge is -2.13. The van der Waals surface area contributed by atoms with Gasteiger partial charge in [-0.1, -0.05) is 22.0 Å². The summed E-state index contributed by atoms with van der Waals surface area (Å²) in [6, 6.07) is 7.13. The molecule has 1 saturated heterocycles. The second-order valence-corrected chi connectivity index (χ2v) is 4.57. The lowest BCUT2D eigenvalue weighted by molar-refractivity contribution is 0.643. The summed E-state index contributed by atoms with van der Waals surface area (Å²) >= 11 is 3.48. The summed E-state index contributed by atoms with van der Waals surface area (Å²) in [4.78, 5) is 0. The maximum Gasteiger partial charge on any atom is 0.0323 e. The Bertz CT molecular complexity index is 303. The molecule has 0 saturated carbocycles. The fourth-order valence-corrected chi connectivity index (χ4v) is 2.46. The average Bonchev–Trinajstić information content (AvgIpc) is 2.56. The van der Waals surface area contributed by atoms with Gasteiger partial charge in [0.2, 0.25) is 0 Å². The molecule has 2 heteroatoms. The average molecular weight is 240 g/mol. The lowest BCUT2D eigenvalue weighted by Crippen LogP contribution is -2.13. The third-order valence-electron chi connectivity index (χ3n) is 2.67. The Labute approximate surface area is 87.7 Å². The zero-order valence-corrected chi connectivity index (χ0v) is 9.39. The van der Waals surface area contributed by atoms with Gasteiger partial charge in [0, 0.05) is 10.5 Å². The molecule has 0 spiro atoms. The van der Waals surface area contributed by atoms with E-state index in [1.54, 1.807) is 0 Å². The van der Waals surface area contributed by atoms with Gasteiger partial charge < -0.3 is 5.32 Å². The van der Waals surface area contributed by atoms with Gasteiger partial charge in [-0.15, -0.1) is 0 Å². The topological polar surface area (TPSA) is 12.0 Å². The van der Waals surface area contributed by atoms with E-state index in [9.17, 15) is 0 Å². The Balaban J connectivity index is 2.29. The van der Waals surface area contributed by atoms with Crippen LogP contribution in [0, 0.1) is 6.92 Å². The van der Waals surface area contributed by atoms with Crippen LogP contribution < -0.4 is 5.32 Å². The number of hydrogen-bond acceptors (Lipinski definition) is 1. The van der Waals surface area contributed by atoms with Crippen molar-refractivity contribution in [1.82, 2.24) is 5.32 Å². The maximum atomic E-state index is 3.52. The third-order valence-corrected chi connectivity index (χ3v) is 3.16. The number of benzene rings is 1. The highest BCUT2D eigenvalue weighted by Gasteiger charge is 2.17. The van der Waals surface area contributed by atoms with Crippen molar-refractivity contribution in [3.05, 3.63) is 33.8 Å². The molecule has 1 aliphatic heterocycles. The molecule has 0 bridgehead atoms. The van der Waals surface area contributed by atoms with E-state index in [1.165, 1.54) is 35.0 Å². The van der Waals surface area contributed by atoms with E-state index in [0.29, 0.717) is 6.04 Å². The quantitative estimate of drug-likeness (QED) is 0.794. The van der Waals surface area contributed by atoms with Gasteiger partial charge in [-0.25, -0.2) is 0 Å². The molecular weight excluding hydrogens is 226 g/mol. The summed E-state index contributed by atoms with van der Waals surface area (Å²) in [5.74, 6) is 0. The van der Waals surface area contributed by atoms with Crippen LogP contribution in [0.25, 0.3) is 0 Å². The van der Waals surface area contributed by atoms with Crippen LogP contribution in [0.4, 0.5) is 0 Å². The van der Waals surface area contributed by atoms with E-state index < -0.39 is 0 Å². The van der Waals surface area contributed by atoms with Gasteiger partial charge in [0.05, 0.1) is 0 Å².